The third-order valence-corrected chi connectivity index (χ3v) is 18.3. The second kappa shape index (κ2) is 15.3. The molecule has 7 heteroatoms. The van der Waals surface area contributed by atoms with Gasteiger partial charge in [0.15, 0.2) is 11.2 Å². The Balaban J connectivity index is 1.02. The highest BCUT2D eigenvalue weighted by Crippen LogP contribution is 2.48. The number of benzene rings is 10. The molecule has 0 aliphatic heterocycles. The number of hydrogen-bond donors (Lipinski definition) is 0. The molecule has 0 saturated heterocycles. The van der Waals surface area contributed by atoms with Crippen molar-refractivity contribution in [1.29, 1.82) is 0 Å². The van der Waals surface area contributed by atoms with E-state index < -0.39 is 16.1 Å². The van der Waals surface area contributed by atoms with Gasteiger partial charge in [-0.3, -0.25) is 0 Å². The van der Waals surface area contributed by atoms with Crippen LogP contribution in [0, 0.1) is 0 Å². The molecule has 10 aromatic carbocycles. The lowest BCUT2D eigenvalue weighted by Crippen LogP contribution is -2.37. The quantitative estimate of drug-likeness (QED) is 0.112. The maximum Gasteiger partial charge on any atom is 0.159 e. The van der Waals surface area contributed by atoms with Crippen molar-refractivity contribution in [2.75, 3.05) is 9.80 Å². The van der Waals surface area contributed by atoms with Crippen molar-refractivity contribution in [3.05, 3.63) is 194 Å². The molecule has 69 heavy (non-hydrogen) atoms. The van der Waals surface area contributed by atoms with E-state index in [9.17, 15) is 0 Å². The molecular formula is C62H50N2O3Si2. The molecule has 3 heterocycles. The molecule has 0 radical (unpaired) electrons. The van der Waals surface area contributed by atoms with Gasteiger partial charge in [0.2, 0.25) is 0 Å². The molecule has 0 aliphatic rings. The molecule has 5 nitrogen and oxygen atoms in total. The van der Waals surface area contributed by atoms with Crippen LogP contribution >= 0.6 is 0 Å². The Morgan fingerprint density at radius 3 is 1.22 bits per heavy atom. The molecule has 0 amide bonds. The van der Waals surface area contributed by atoms with E-state index in [1.54, 1.807) is 0 Å². The van der Waals surface area contributed by atoms with Crippen LogP contribution in [0.15, 0.2) is 207 Å². The van der Waals surface area contributed by atoms with Crippen LogP contribution in [0.1, 0.15) is 0 Å². The van der Waals surface area contributed by atoms with Crippen LogP contribution in [0.2, 0.25) is 39.3 Å². The minimum atomic E-state index is -1.55. The normalized spacial score (nSPS) is 12.5. The molecular weight excluding hydrogens is 877 g/mol. The molecule has 0 bridgehead atoms. The van der Waals surface area contributed by atoms with E-state index in [-0.39, 0.29) is 0 Å². The lowest BCUT2D eigenvalue weighted by molar-refractivity contribution is 0.668. The molecule has 0 atom stereocenters. The average Bonchev–Trinajstić information content (AvgIpc) is 4.07. The van der Waals surface area contributed by atoms with Crippen molar-refractivity contribution < 1.29 is 13.3 Å². The Labute approximate surface area is 402 Å². The van der Waals surface area contributed by atoms with Gasteiger partial charge in [0.05, 0.1) is 33.2 Å². The number of furan rings is 3. The monoisotopic (exact) mass is 926 g/mol. The molecule has 334 valence electrons. The molecule has 13 aromatic rings. The summed E-state index contributed by atoms with van der Waals surface area (Å²) in [5, 5.41) is 13.9. The van der Waals surface area contributed by atoms with Crippen LogP contribution in [0.25, 0.3) is 87.4 Å². The molecule has 0 unspecified atom stereocenters. The lowest BCUT2D eigenvalue weighted by Gasteiger charge is -2.27. The Kier molecular flexibility index (Phi) is 9.19. The SMILES string of the molecule is C[Si](C)(C)c1ccc(N(c2ccc3c(c2)oc2c4ccc(N(c5ccc([Si](C)(C)C)cc5)c5cccc6c5oc5ccccc56)cc4c4ccccc4c32)c2cccc3c2oc2ccccc23)cc1. The number of nitrogens with zero attached hydrogens (tertiary/aromatic N) is 2. The van der Waals surface area contributed by atoms with Crippen LogP contribution in [0.3, 0.4) is 0 Å². The van der Waals surface area contributed by atoms with Gasteiger partial charge in [-0.15, -0.1) is 0 Å². The van der Waals surface area contributed by atoms with Gasteiger partial charge in [0, 0.05) is 60.8 Å². The number of para-hydroxylation sites is 4. The molecule has 0 saturated carbocycles. The summed E-state index contributed by atoms with van der Waals surface area (Å²) in [6.45, 7) is 14.4. The molecule has 0 aliphatic carbocycles. The van der Waals surface area contributed by atoms with E-state index >= 15 is 0 Å². The van der Waals surface area contributed by atoms with Gasteiger partial charge < -0.3 is 23.1 Å². The maximum atomic E-state index is 7.17. The van der Waals surface area contributed by atoms with E-state index in [0.717, 1.165) is 116 Å². The summed E-state index contributed by atoms with van der Waals surface area (Å²) in [7, 11) is -3.09. The highest BCUT2D eigenvalue weighted by Gasteiger charge is 2.26. The first-order chi connectivity index (χ1) is 33.5. The number of fused-ring (bicyclic) bond motifs is 14. The predicted octanol–water partition coefficient (Wildman–Crippen LogP) is 17.7. The van der Waals surface area contributed by atoms with Crippen LogP contribution < -0.4 is 20.2 Å². The van der Waals surface area contributed by atoms with Crippen molar-refractivity contribution >= 4 is 148 Å². The van der Waals surface area contributed by atoms with Gasteiger partial charge in [-0.1, -0.05) is 159 Å². The van der Waals surface area contributed by atoms with E-state index in [2.05, 4.69) is 231 Å². The van der Waals surface area contributed by atoms with E-state index in [1.165, 1.54) is 15.8 Å². The number of rotatable bonds is 8. The van der Waals surface area contributed by atoms with Gasteiger partial charge in [-0.25, -0.2) is 0 Å². The summed E-state index contributed by atoms with van der Waals surface area (Å²) in [6, 6.07) is 70.2. The van der Waals surface area contributed by atoms with Crippen molar-refractivity contribution in [3.63, 3.8) is 0 Å². The zero-order valence-electron chi connectivity index (χ0n) is 39.6. The Morgan fingerprint density at radius 2 is 0.696 bits per heavy atom. The second-order valence-corrected chi connectivity index (χ2v) is 30.7. The first-order valence-electron chi connectivity index (χ1n) is 23.9. The lowest BCUT2D eigenvalue weighted by atomic mass is 9.96. The van der Waals surface area contributed by atoms with Gasteiger partial charge >= 0.3 is 0 Å². The fraction of sp³-hybridized carbons (Fsp3) is 0.0968. The standard InChI is InChI=1S/C62H50N2O3Si2/c1-68(2,3)43-31-25-39(26-32-43)63(54-21-13-19-49-46-16-9-11-23-56(46)65-60(49)54)41-29-35-51-53(37-41)45-15-7-8-18-48(45)59-52-36-30-42(38-58(52)67-62(51)59)64(40-27-33-44(34-28-40)69(4,5)6)55-22-14-20-50-47-17-10-12-24-57(47)66-61(50)55/h7-38H,1-6H3. The predicted molar refractivity (Wildman–Crippen MR) is 299 cm³/mol. The summed E-state index contributed by atoms with van der Waals surface area (Å²) >= 11 is 0. The van der Waals surface area contributed by atoms with Crippen molar-refractivity contribution in [1.82, 2.24) is 0 Å². The summed E-state index contributed by atoms with van der Waals surface area (Å²) in [5.74, 6) is 0. The number of hydrogen-bond acceptors (Lipinski definition) is 5. The Hall–Kier alpha value is -7.85. The van der Waals surface area contributed by atoms with Crippen LogP contribution in [-0.2, 0) is 0 Å². The molecule has 0 spiro atoms. The largest absolute Gasteiger partial charge is 0.455 e. The van der Waals surface area contributed by atoms with Gasteiger partial charge in [-0.05, 0) is 95.0 Å². The van der Waals surface area contributed by atoms with Crippen LogP contribution in [0.4, 0.5) is 34.1 Å². The first-order valence-corrected chi connectivity index (χ1v) is 30.9. The first kappa shape index (κ1) is 41.3. The Morgan fingerprint density at radius 1 is 0.290 bits per heavy atom. The van der Waals surface area contributed by atoms with Gasteiger partial charge in [-0.2, -0.15) is 0 Å². The summed E-state index contributed by atoms with van der Waals surface area (Å²) in [6.07, 6.45) is 0. The zero-order chi connectivity index (χ0) is 46.8. The van der Waals surface area contributed by atoms with Crippen molar-refractivity contribution in [3.8, 4) is 0 Å². The van der Waals surface area contributed by atoms with Crippen molar-refractivity contribution in [2.24, 2.45) is 0 Å². The zero-order valence-corrected chi connectivity index (χ0v) is 41.6. The molecule has 0 fully saturated rings. The third kappa shape index (κ3) is 6.63. The minimum Gasteiger partial charge on any atom is -0.455 e. The molecule has 13 rings (SSSR count). The highest BCUT2D eigenvalue weighted by molar-refractivity contribution is 6.89. The maximum absolute atomic E-state index is 7.17. The topological polar surface area (TPSA) is 45.9 Å². The number of anilines is 6. The van der Waals surface area contributed by atoms with E-state index in [0.29, 0.717) is 0 Å². The minimum absolute atomic E-state index is 0.824. The second-order valence-electron chi connectivity index (χ2n) is 20.5. The molecule has 3 aromatic heterocycles. The molecule has 0 N–H and O–H groups in total. The fourth-order valence-electron chi connectivity index (χ4n) is 10.6. The summed E-state index contributed by atoms with van der Waals surface area (Å²) in [4.78, 5) is 4.68. The average molecular weight is 927 g/mol. The summed E-state index contributed by atoms with van der Waals surface area (Å²) < 4.78 is 20.6. The smallest absolute Gasteiger partial charge is 0.159 e. The van der Waals surface area contributed by atoms with Crippen LogP contribution in [0.5, 0.6) is 0 Å². The highest BCUT2D eigenvalue weighted by atomic mass is 28.3. The van der Waals surface area contributed by atoms with Gasteiger partial charge in [0.25, 0.3) is 0 Å². The van der Waals surface area contributed by atoms with E-state index in [4.69, 9.17) is 13.3 Å². The van der Waals surface area contributed by atoms with Crippen LogP contribution in [-0.4, -0.2) is 16.1 Å². The summed E-state index contributed by atoms with van der Waals surface area (Å²) in [5.41, 5.74) is 11.3. The third-order valence-electron chi connectivity index (χ3n) is 14.2. The fourth-order valence-corrected chi connectivity index (χ4v) is 12.9. The van der Waals surface area contributed by atoms with Gasteiger partial charge in [0.1, 0.15) is 22.3 Å². The Bertz CT molecular complexity index is 4170. The van der Waals surface area contributed by atoms with E-state index in [1.807, 2.05) is 12.1 Å². The van der Waals surface area contributed by atoms with Crippen molar-refractivity contribution in [2.45, 2.75) is 39.3 Å².